The molecule has 25 heavy (non-hydrogen) atoms. The maximum Gasteiger partial charge on any atom is 0.418 e. The van der Waals surface area contributed by atoms with E-state index in [2.05, 4.69) is 9.97 Å². The summed E-state index contributed by atoms with van der Waals surface area (Å²) in [6.07, 6.45) is -9.93. The number of fused-ring (bicyclic) bond motifs is 1. The number of benzene rings is 1. The molecular weight excluding hydrogens is 356 g/mol. The van der Waals surface area contributed by atoms with Crippen molar-refractivity contribution in [1.29, 1.82) is 0 Å². The predicted molar refractivity (Wildman–Crippen MR) is 72.3 cm³/mol. The molecule has 1 aromatic carbocycles. The van der Waals surface area contributed by atoms with Crippen LogP contribution in [0.1, 0.15) is 17.0 Å². The van der Waals surface area contributed by atoms with Gasteiger partial charge in [0.05, 0.1) is 29.8 Å². The lowest BCUT2D eigenvalue weighted by molar-refractivity contribution is -0.144. The number of ether oxygens (including phenoxy) is 1. The number of carbonyl (C=O) groups excluding carboxylic acids is 1. The largest absolute Gasteiger partial charge is 0.418 e. The minimum atomic E-state index is -5.00. The second-order valence-corrected chi connectivity index (χ2v) is 5.47. The zero-order valence-electron chi connectivity index (χ0n) is 12.5. The average molecular weight is 367 g/mol. The fourth-order valence-corrected chi connectivity index (χ4v) is 2.52. The number of nitrogens with one attached hydrogen (secondary N) is 1. The second kappa shape index (κ2) is 5.90. The first-order valence-electron chi connectivity index (χ1n) is 7.08. The van der Waals surface area contributed by atoms with Crippen molar-refractivity contribution in [3.05, 3.63) is 29.1 Å². The Labute approximate surface area is 136 Å². The number of amides is 1. The van der Waals surface area contributed by atoms with Gasteiger partial charge in [0.1, 0.15) is 17.9 Å². The summed E-state index contributed by atoms with van der Waals surface area (Å²) in [5.74, 6) is -0.409. The molecule has 0 radical (unpaired) electrons. The molecule has 1 aliphatic heterocycles. The third-order valence-electron chi connectivity index (χ3n) is 3.69. The molecule has 3 rings (SSSR count). The van der Waals surface area contributed by atoms with Crippen LogP contribution in [0.5, 0.6) is 0 Å². The zero-order chi connectivity index (χ0) is 18.4. The molecule has 2 aromatic rings. The van der Waals surface area contributed by atoms with Gasteiger partial charge in [0.15, 0.2) is 0 Å². The van der Waals surface area contributed by atoms with Crippen LogP contribution in [0.4, 0.5) is 26.3 Å². The van der Waals surface area contributed by atoms with Gasteiger partial charge >= 0.3 is 12.4 Å². The van der Waals surface area contributed by atoms with Gasteiger partial charge in [-0.05, 0) is 12.1 Å². The highest BCUT2D eigenvalue weighted by Gasteiger charge is 2.39. The summed E-state index contributed by atoms with van der Waals surface area (Å²) in [6.45, 7) is 0.176. The molecule has 1 N–H and O–H groups in total. The standard InChI is InChI=1S/C14H11F6N3O2/c15-13(16,17)7-3-8(14(18,19)20)12-9(4-7)21-10(22-12)5-23-1-2-25-6-11(23)24/h3-4H,1-2,5-6H2,(H,21,22). The summed E-state index contributed by atoms with van der Waals surface area (Å²) in [7, 11) is 0. The molecule has 0 spiro atoms. The maximum absolute atomic E-state index is 13.1. The first-order chi connectivity index (χ1) is 11.6. The molecule has 136 valence electrons. The lowest BCUT2D eigenvalue weighted by Crippen LogP contribution is -2.41. The smallest absolute Gasteiger partial charge is 0.370 e. The zero-order valence-corrected chi connectivity index (χ0v) is 12.5. The third kappa shape index (κ3) is 3.55. The second-order valence-electron chi connectivity index (χ2n) is 5.47. The van der Waals surface area contributed by atoms with Crippen molar-refractivity contribution >= 4 is 16.9 Å². The summed E-state index contributed by atoms with van der Waals surface area (Å²) >= 11 is 0. The molecule has 0 saturated carbocycles. The van der Waals surface area contributed by atoms with Gasteiger partial charge in [-0.15, -0.1) is 0 Å². The molecule has 5 nitrogen and oxygen atoms in total. The van der Waals surface area contributed by atoms with E-state index in [1.54, 1.807) is 0 Å². The molecule has 1 fully saturated rings. The van der Waals surface area contributed by atoms with E-state index in [-0.39, 0.29) is 44.1 Å². The Morgan fingerprint density at radius 2 is 1.88 bits per heavy atom. The van der Waals surface area contributed by atoms with Gasteiger partial charge in [-0.25, -0.2) is 4.98 Å². The Kier molecular flexibility index (Phi) is 4.13. The van der Waals surface area contributed by atoms with Crippen molar-refractivity contribution in [3.63, 3.8) is 0 Å². The molecule has 1 aromatic heterocycles. The van der Waals surface area contributed by atoms with E-state index in [1.807, 2.05) is 0 Å². The summed E-state index contributed by atoms with van der Waals surface area (Å²) in [6, 6.07) is 0.606. The molecular formula is C14H11F6N3O2. The SMILES string of the molecule is O=C1COCCN1Cc1nc2c(C(F)(F)F)cc(C(F)(F)F)cc2[nH]1. The van der Waals surface area contributed by atoms with Gasteiger partial charge in [-0.3, -0.25) is 4.79 Å². The van der Waals surface area contributed by atoms with Crippen molar-refractivity contribution in [3.8, 4) is 0 Å². The minimum absolute atomic E-state index is 0.0323. The lowest BCUT2D eigenvalue weighted by atomic mass is 10.1. The molecule has 0 atom stereocenters. The van der Waals surface area contributed by atoms with Gasteiger partial charge < -0.3 is 14.6 Å². The molecule has 1 saturated heterocycles. The number of H-pyrrole nitrogens is 1. The number of morpholine rings is 1. The number of carbonyl (C=O) groups is 1. The summed E-state index contributed by atoms with van der Waals surface area (Å²) < 4.78 is 82.8. The molecule has 0 aliphatic carbocycles. The van der Waals surface area contributed by atoms with Gasteiger partial charge in [0.2, 0.25) is 5.91 Å². The van der Waals surface area contributed by atoms with Crippen LogP contribution in [0.15, 0.2) is 12.1 Å². The number of hydrogen-bond donors (Lipinski definition) is 1. The lowest BCUT2D eigenvalue weighted by Gasteiger charge is -2.25. The van der Waals surface area contributed by atoms with Crippen molar-refractivity contribution in [2.75, 3.05) is 19.8 Å². The Balaban J connectivity index is 2.04. The minimum Gasteiger partial charge on any atom is -0.370 e. The van der Waals surface area contributed by atoms with E-state index in [0.717, 1.165) is 0 Å². The van der Waals surface area contributed by atoms with Gasteiger partial charge in [-0.1, -0.05) is 0 Å². The molecule has 0 unspecified atom stereocenters. The topological polar surface area (TPSA) is 58.2 Å². The van der Waals surface area contributed by atoms with E-state index in [9.17, 15) is 31.1 Å². The molecule has 2 heterocycles. The number of nitrogens with zero attached hydrogens (tertiary/aromatic N) is 2. The van der Waals surface area contributed by atoms with Crippen LogP contribution >= 0.6 is 0 Å². The fourth-order valence-electron chi connectivity index (χ4n) is 2.52. The highest BCUT2D eigenvalue weighted by Crippen LogP contribution is 2.39. The summed E-state index contributed by atoms with van der Waals surface area (Å²) in [4.78, 5) is 19.2. The first kappa shape index (κ1) is 17.5. The average Bonchev–Trinajstić information content (AvgIpc) is 2.88. The molecule has 0 bridgehead atoms. The van der Waals surface area contributed by atoms with E-state index in [1.165, 1.54) is 4.90 Å². The first-order valence-corrected chi connectivity index (χ1v) is 7.08. The van der Waals surface area contributed by atoms with Crippen LogP contribution in [0.25, 0.3) is 11.0 Å². The monoisotopic (exact) mass is 367 g/mol. The number of alkyl halides is 6. The number of hydrogen-bond acceptors (Lipinski definition) is 3. The van der Waals surface area contributed by atoms with Gasteiger partial charge in [0, 0.05) is 6.54 Å². The summed E-state index contributed by atoms with van der Waals surface area (Å²) in [5, 5.41) is 0. The Bertz CT molecular complexity index is 811. The third-order valence-corrected chi connectivity index (χ3v) is 3.69. The number of aromatic nitrogens is 2. The van der Waals surface area contributed by atoms with E-state index >= 15 is 0 Å². The van der Waals surface area contributed by atoms with Crippen LogP contribution in [-0.4, -0.2) is 40.5 Å². The summed E-state index contributed by atoms with van der Waals surface area (Å²) in [5.41, 5.74) is -3.91. The van der Waals surface area contributed by atoms with Crippen molar-refractivity contribution < 1.29 is 35.9 Å². The number of rotatable bonds is 2. The Morgan fingerprint density at radius 1 is 1.16 bits per heavy atom. The van der Waals surface area contributed by atoms with Crippen LogP contribution in [-0.2, 0) is 28.4 Å². The normalized spacial score (nSPS) is 16.7. The predicted octanol–water partition coefficient (Wildman–Crippen LogP) is 2.96. The van der Waals surface area contributed by atoms with Crippen molar-refractivity contribution in [2.24, 2.45) is 0 Å². The van der Waals surface area contributed by atoms with Crippen molar-refractivity contribution in [2.45, 2.75) is 18.9 Å². The van der Waals surface area contributed by atoms with Crippen LogP contribution in [0.3, 0.4) is 0 Å². The quantitative estimate of drug-likeness (QED) is 0.831. The highest BCUT2D eigenvalue weighted by molar-refractivity contribution is 5.81. The van der Waals surface area contributed by atoms with Crippen molar-refractivity contribution in [1.82, 2.24) is 14.9 Å². The highest BCUT2D eigenvalue weighted by atomic mass is 19.4. The number of imidazole rings is 1. The van der Waals surface area contributed by atoms with E-state index < -0.39 is 34.5 Å². The number of halogens is 6. The molecule has 1 aliphatic rings. The van der Waals surface area contributed by atoms with Gasteiger partial charge in [-0.2, -0.15) is 26.3 Å². The van der Waals surface area contributed by atoms with E-state index in [4.69, 9.17) is 4.74 Å². The van der Waals surface area contributed by atoms with Crippen LogP contribution in [0, 0.1) is 0 Å². The van der Waals surface area contributed by atoms with E-state index in [0.29, 0.717) is 6.07 Å². The molecule has 11 heteroatoms. The Hall–Kier alpha value is -2.30. The maximum atomic E-state index is 13.1. The van der Waals surface area contributed by atoms with Crippen LogP contribution in [0.2, 0.25) is 0 Å². The molecule has 1 amide bonds. The fraction of sp³-hybridized carbons (Fsp3) is 0.429. The van der Waals surface area contributed by atoms with Crippen LogP contribution < -0.4 is 0 Å². The van der Waals surface area contributed by atoms with Gasteiger partial charge in [0.25, 0.3) is 0 Å². The Morgan fingerprint density at radius 3 is 2.48 bits per heavy atom. The number of aromatic amines is 1.